The van der Waals surface area contributed by atoms with Gasteiger partial charge in [0.1, 0.15) is 16.6 Å². The second-order valence-electron chi connectivity index (χ2n) is 6.64. The van der Waals surface area contributed by atoms with Crippen LogP contribution in [-0.4, -0.2) is 46.1 Å². The van der Waals surface area contributed by atoms with E-state index in [1.807, 2.05) is 42.8 Å². The number of ether oxygens (including phenoxy) is 2. The molecule has 2 heterocycles. The van der Waals surface area contributed by atoms with Crippen LogP contribution in [0.5, 0.6) is 5.75 Å². The zero-order valence-electron chi connectivity index (χ0n) is 17.8. The fourth-order valence-electron chi connectivity index (χ4n) is 2.81. The number of carbonyl (C=O) groups excluding carboxylic acids is 2. The van der Waals surface area contributed by atoms with Gasteiger partial charge in [0.2, 0.25) is 5.91 Å². The zero-order valence-corrected chi connectivity index (χ0v) is 19.4. The summed E-state index contributed by atoms with van der Waals surface area (Å²) in [4.78, 5) is 25.4. The Balaban J connectivity index is 1.59. The maximum atomic E-state index is 12.5. The molecule has 0 radical (unpaired) electrons. The van der Waals surface area contributed by atoms with Crippen LogP contribution in [-0.2, 0) is 23.0 Å². The molecule has 1 N–H and O–H groups in total. The molecular weight excluding hydrogens is 436 g/mol. The van der Waals surface area contributed by atoms with E-state index in [-0.39, 0.29) is 18.3 Å². The first-order valence-corrected chi connectivity index (χ1v) is 11.4. The minimum absolute atomic E-state index is 0.147. The first-order chi connectivity index (χ1) is 14.9. The van der Waals surface area contributed by atoms with Crippen LogP contribution in [0.3, 0.4) is 0 Å². The fraction of sp³-hybridized carbons (Fsp3) is 0.333. The van der Waals surface area contributed by atoms with E-state index in [0.29, 0.717) is 22.1 Å². The molecule has 2 aromatic heterocycles. The number of carbonyl (C=O) groups is 2. The summed E-state index contributed by atoms with van der Waals surface area (Å²) in [5.74, 6) is 1.08. The third-order valence-corrected chi connectivity index (χ3v) is 6.37. The van der Waals surface area contributed by atoms with Crippen molar-refractivity contribution in [3.63, 3.8) is 0 Å². The molecule has 164 valence electrons. The lowest BCUT2D eigenvalue weighted by Crippen LogP contribution is -2.16. The maximum Gasteiger partial charge on any atom is 0.341 e. The molecule has 1 amide bonds. The Bertz CT molecular complexity index is 1060. The van der Waals surface area contributed by atoms with Crippen LogP contribution in [0.15, 0.2) is 35.5 Å². The normalized spacial score (nSPS) is 10.7. The van der Waals surface area contributed by atoms with Crippen molar-refractivity contribution in [3.8, 4) is 5.75 Å². The number of amides is 1. The number of anilines is 1. The van der Waals surface area contributed by atoms with Crippen LogP contribution < -0.4 is 10.1 Å². The van der Waals surface area contributed by atoms with E-state index in [1.54, 1.807) is 20.1 Å². The van der Waals surface area contributed by atoms with Gasteiger partial charge in [-0.1, -0.05) is 23.9 Å². The summed E-state index contributed by atoms with van der Waals surface area (Å²) in [7, 11) is 3.51. The van der Waals surface area contributed by atoms with E-state index in [0.717, 1.165) is 22.0 Å². The first-order valence-electron chi connectivity index (χ1n) is 9.62. The highest BCUT2D eigenvalue weighted by Crippen LogP contribution is 2.29. The molecule has 1 aromatic carbocycles. The van der Waals surface area contributed by atoms with Crippen LogP contribution in [0.2, 0.25) is 0 Å². The van der Waals surface area contributed by atoms with Crippen LogP contribution >= 0.6 is 23.1 Å². The number of nitrogens with zero attached hydrogens (tertiary/aromatic N) is 3. The highest BCUT2D eigenvalue weighted by Gasteiger charge is 2.19. The van der Waals surface area contributed by atoms with E-state index in [9.17, 15) is 9.59 Å². The monoisotopic (exact) mass is 460 g/mol. The molecule has 31 heavy (non-hydrogen) atoms. The molecule has 0 atom stereocenters. The molecule has 0 saturated carbocycles. The van der Waals surface area contributed by atoms with Gasteiger partial charge in [-0.05, 0) is 37.6 Å². The molecule has 3 aromatic rings. The standard InChI is InChI=1S/C21H24N4O4S2/c1-5-29-20(27)16-10-13(2)31-19(16)22-18(26)12-30-21-24-23-17(25(21)3)11-14-6-8-15(28-4)9-7-14/h6-10H,5,11-12H2,1-4H3,(H,22,26). The van der Waals surface area contributed by atoms with Gasteiger partial charge in [-0.15, -0.1) is 21.5 Å². The number of aryl methyl sites for hydroxylation is 1. The predicted molar refractivity (Wildman–Crippen MR) is 121 cm³/mol. The molecule has 0 aliphatic heterocycles. The van der Waals surface area contributed by atoms with Crippen LogP contribution in [0.1, 0.15) is 33.5 Å². The summed E-state index contributed by atoms with van der Waals surface area (Å²) in [5.41, 5.74) is 1.47. The number of aromatic nitrogens is 3. The number of nitrogens with one attached hydrogen (secondary N) is 1. The molecule has 0 saturated heterocycles. The van der Waals surface area contributed by atoms with Crippen LogP contribution in [0.4, 0.5) is 5.00 Å². The number of hydrogen-bond donors (Lipinski definition) is 1. The average Bonchev–Trinajstić information content (AvgIpc) is 3.29. The number of rotatable bonds is 9. The molecule has 8 nitrogen and oxygen atoms in total. The molecular formula is C21H24N4O4S2. The third-order valence-electron chi connectivity index (χ3n) is 4.38. The Morgan fingerprint density at radius 2 is 1.97 bits per heavy atom. The van der Waals surface area contributed by atoms with Gasteiger partial charge >= 0.3 is 5.97 Å². The lowest BCUT2D eigenvalue weighted by Gasteiger charge is -2.07. The van der Waals surface area contributed by atoms with Crippen molar-refractivity contribution >= 4 is 40.0 Å². The highest BCUT2D eigenvalue weighted by molar-refractivity contribution is 7.99. The van der Waals surface area contributed by atoms with Crippen LogP contribution in [0, 0.1) is 6.92 Å². The van der Waals surface area contributed by atoms with Gasteiger partial charge in [-0.3, -0.25) is 4.79 Å². The lowest BCUT2D eigenvalue weighted by atomic mass is 10.1. The summed E-state index contributed by atoms with van der Waals surface area (Å²) >= 11 is 2.63. The topological polar surface area (TPSA) is 95.3 Å². The van der Waals surface area contributed by atoms with Crippen LogP contribution in [0.25, 0.3) is 0 Å². The van der Waals surface area contributed by atoms with E-state index in [1.165, 1.54) is 23.1 Å². The van der Waals surface area contributed by atoms with E-state index in [2.05, 4.69) is 15.5 Å². The SMILES string of the molecule is CCOC(=O)c1cc(C)sc1NC(=O)CSc1nnc(Cc2ccc(OC)cc2)n1C. The largest absolute Gasteiger partial charge is 0.497 e. The van der Waals surface area contributed by atoms with Gasteiger partial charge in [0.05, 0.1) is 25.0 Å². The Hall–Kier alpha value is -2.85. The Morgan fingerprint density at radius 1 is 1.23 bits per heavy atom. The molecule has 0 spiro atoms. The van der Waals surface area contributed by atoms with E-state index >= 15 is 0 Å². The van der Waals surface area contributed by atoms with Crippen molar-refractivity contribution in [2.24, 2.45) is 7.05 Å². The second-order valence-corrected chi connectivity index (χ2v) is 8.84. The Morgan fingerprint density at radius 3 is 2.65 bits per heavy atom. The average molecular weight is 461 g/mol. The third kappa shape index (κ3) is 5.86. The summed E-state index contributed by atoms with van der Waals surface area (Å²) < 4.78 is 12.1. The fourth-order valence-corrected chi connectivity index (χ4v) is 4.46. The van der Waals surface area contributed by atoms with Crippen molar-refractivity contribution in [1.82, 2.24) is 14.8 Å². The summed E-state index contributed by atoms with van der Waals surface area (Å²) in [6, 6.07) is 9.50. The summed E-state index contributed by atoms with van der Waals surface area (Å²) in [5, 5.41) is 12.4. The number of hydrogen-bond acceptors (Lipinski definition) is 8. The number of benzene rings is 1. The van der Waals surface area contributed by atoms with Crippen molar-refractivity contribution in [3.05, 3.63) is 52.2 Å². The molecule has 0 unspecified atom stereocenters. The van der Waals surface area contributed by atoms with Gasteiger partial charge in [0, 0.05) is 18.3 Å². The number of methoxy groups -OCH3 is 1. The number of thioether (sulfide) groups is 1. The molecule has 0 aliphatic rings. The molecule has 10 heteroatoms. The summed E-state index contributed by atoms with van der Waals surface area (Å²) in [6.07, 6.45) is 0.623. The lowest BCUT2D eigenvalue weighted by molar-refractivity contribution is -0.113. The maximum absolute atomic E-state index is 12.5. The quantitative estimate of drug-likeness (QED) is 0.384. The van der Waals surface area contributed by atoms with Crippen molar-refractivity contribution in [1.29, 1.82) is 0 Å². The predicted octanol–water partition coefficient (Wildman–Crippen LogP) is 3.69. The molecule has 0 fully saturated rings. The van der Waals surface area contributed by atoms with Gasteiger partial charge in [0.25, 0.3) is 0 Å². The van der Waals surface area contributed by atoms with E-state index in [4.69, 9.17) is 9.47 Å². The van der Waals surface area contributed by atoms with Gasteiger partial charge in [0.15, 0.2) is 5.16 Å². The zero-order chi connectivity index (χ0) is 22.4. The van der Waals surface area contributed by atoms with Gasteiger partial charge < -0.3 is 19.4 Å². The van der Waals surface area contributed by atoms with Gasteiger partial charge in [-0.25, -0.2) is 4.79 Å². The second kappa shape index (κ2) is 10.5. The number of esters is 1. The van der Waals surface area contributed by atoms with Crippen molar-refractivity contribution < 1.29 is 19.1 Å². The molecule has 0 aliphatic carbocycles. The van der Waals surface area contributed by atoms with Crippen molar-refractivity contribution in [2.45, 2.75) is 25.4 Å². The minimum Gasteiger partial charge on any atom is -0.497 e. The smallest absolute Gasteiger partial charge is 0.341 e. The first kappa shape index (κ1) is 22.8. The van der Waals surface area contributed by atoms with Gasteiger partial charge in [-0.2, -0.15) is 0 Å². The molecule has 0 bridgehead atoms. The summed E-state index contributed by atoms with van der Waals surface area (Å²) in [6.45, 7) is 3.90. The van der Waals surface area contributed by atoms with Crippen molar-refractivity contribution in [2.75, 3.05) is 24.8 Å². The van der Waals surface area contributed by atoms with E-state index < -0.39 is 5.97 Å². The minimum atomic E-state index is -0.439. The number of thiophene rings is 1. The Kier molecular flexibility index (Phi) is 7.69. The Labute approximate surface area is 189 Å². The highest BCUT2D eigenvalue weighted by atomic mass is 32.2. The molecule has 3 rings (SSSR count).